The van der Waals surface area contributed by atoms with Gasteiger partial charge in [-0.15, -0.1) is 0 Å². The van der Waals surface area contributed by atoms with Gasteiger partial charge in [0.05, 0.1) is 11.2 Å². The second kappa shape index (κ2) is 6.95. The van der Waals surface area contributed by atoms with Crippen LogP contribution in [0.3, 0.4) is 0 Å². The summed E-state index contributed by atoms with van der Waals surface area (Å²) in [5.74, 6) is 0.374. The summed E-state index contributed by atoms with van der Waals surface area (Å²) in [4.78, 5) is 14.0. The predicted octanol–water partition coefficient (Wildman–Crippen LogP) is 4.21. The minimum absolute atomic E-state index is 0.219. The van der Waals surface area contributed by atoms with Crippen molar-refractivity contribution in [2.24, 2.45) is 5.92 Å². The molecule has 0 aliphatic carbocycles. The maximum Gasteiger partial charge on any atom is 0.490 e. The fraction of sp³-hybridized carbons (Fsp3) is 0.842. The molecule has 5 nitrogen and oxygen atoms in total. The quantitative estimate of drug-likeness (QED) is 0.699. The highest BCUT2D eigenvalue weighted by molar-refractivity contribution is 6.54. The van der Waals surface area contributed by atoms with Gasteiger partial charge in [-0.1, -0.05) is 6.08 Å². The van der Waals surface area contributed by atoms with E-state index >= 15 is 0 Å². The molecule has 0 atom stereocenters. The van der Waals surface area contributed by atoms with Crippen LogP contribution in [0, 0.1) is 5.92 Å². The molecule has 0 spiro atoms. The molecule has 0 radical (unpaired) electrons. The molecule has 6 heteroatoms. The number of rotatable bonds is 2. The highest BCUT2D eigenvalue weighted by Gasteiger charge is 2.53. The molecule has 0 aromatic heterocycles. The first-order valence-corrected chi connectivity index (χ1v) is 9.36. The minimum Gasteiger partial charge on any atom is -0.444 e. The Morgan fingerprint density at radius 1 is 1.12 bits per heavy atom. The van der Waals surface area contributed by atoms with E-state index in [0.29, 0.717) is 19.0 Å². The number of carbonyl (C=O) groups excluding carboxylic acids is 1. The van der Waals surface area contributed by atoms with Crippen molar-refractivity contribution in [3.63, 3.8) is 0 Å². The molecule has 0 unspecified atom stereocenters. The third-order valence-electron chi connectivity index (χ3n) is 5.48. The van der Waals surface area contributed by atoms with Crippen LogP contribution >= 0.6 is 0 Å². The zero-order valence-electron chi connectivity index (χ0n) is 17.1. The second-order valence-corrected chi connectivity index (χ2v) is 9.12. The van der Waals surface area contributed by atoms with Gasteiger partial charge in [0.25, 0.3) is 0 Å². The summed E-state index contributed by atoms with van der Waals surface area (Å²) in [5, 5.41) is 0. The van der Waals surface area contributed by atoms with Gasteiger partial charge in [0.2, 0.25) is 0 Å². The second-order valence-electron chi connectivity index (χ2n) is 9.12. The smallest absolute Gasteiger partial charge is 0.444 e. The average Bonchev–Trinajstić information content (AvgIpc) is 2.66. The van der Waals surface area contributed by atoms with Crippen molar-refractivity contribution in [1.82, 2.24) is 4.90 Å². The molecule has 0 bridgehead atoms. The Balaban J connectivity index is 1.97. The lowest BCUT2D eigenvalue weighted by Gasteiger charge is -2.34. The molecule has 2 aliphatic heterocycles. The van der Waals surface area contributed by atoms with Gasteiger partial charge < -0.3 is 18.9 Å². The van der Waals surface area contributed by atoms with Crippen molar-refractivity contribution >= 4 is 13.2 Å². The summed E-state index contributed by atoms with van der Waals surface area (Å²) in [5.41, 5.74) is 0.0831. The van der Waals surface area contributed by atoms with Gasteiger partial charge in [-0.05, 0) is 79.6 Å². The number of piperidine rings is 1. The van der Waals surface area contributed by atoms with Crippen molar-refractivity contribution in [2.45, 2.75) is 85.0 Å². The maximum atomic E-state index is 12.2. The van der Waals surface area contributed by atoms with Gasteiger partial charge in [0, 0.05) is 13.1 Å². The number of allylic oxidation sites excluding steroid dienone is 2. The standard InChI is InChI=1S/C19H34BNO4/c1-9-15(20-24-18(5,6)19(7,8)25-20)14-10-12-21(13-11-14)16(22)23-17(2,3)4/h9,14H,10-13H2,1-8H3/b15-9-. The number of nitrogens with zero attached hydrogens (tertiary/aromatic N) is 1. The molecule has 0 saturated carbocycles. The third kappa shape index (κ3) is 4.59. The van der Waals surface area contributed by atoms with Crippen molar-refractivity contribution < 1.29 is 18.8 Å². The van der Waals surface area contributed by atoms with Crippen LogP contribution in [0.25, 0.3) is 0 Å². The van der Waals surface area contributed by atoms with E-state index in [1.54, 1.807) is 4.90 Å². The van der Waals surface area contributed by atoms with Crippen LogP contribution in [0.4, 0.5) is 4.79 Å². The first-order valence-electron chi connectivity index (χ1n) is 9.36. The molecule has 0 aromatic carbocycles. The van der Waals surface area contributed by atoms with Gasteiger partial charge in [-0.25, -0.2) is 4.79 Å². The molecule has 2 heterocycles. The van der Waals surface area contributed by atoms with Gasteiger partial charge in [0.15, 0.2) is 0 Å². The number of amides is 1. The number of hydrogen-bond donors (Lipinski definition) is 0. The molecule has 1 amide bonds. The Labute approximate surface area is 153 Å². The number of carbonyl (C=O) groups is 1. The first-order chi connectivity index (χ1) is 11.4. The largest absolute Gasteiger partial charge is 0.490 e. The van der Waals surface area contributed by atoms with E-state index in [0.717, 1.165) is 12.8 Å². The molecule has 142 valence electrons. The Bertz CT molecular complexity index is 512. The van der Waals surface area contributed by atoms with Gasteiger partial charge in [0.1, 0.15) is 5.60 Å². The van der Waals surface area contributed by atoms with E-state index < -0.39 is 5.60 Å². The Morgan fingerprint density at radius 2 is 1.60 bits per heavy atom. The zero-order valence-corrected chi connectivity index (χ0v) is 17.1. The van der Waals surface area contributed by atoms with Crippen molar-refractivity contribution in [2.75, 3.05) is 13.1 Å². The monoisotopic (exact) mass is 351 g/mol. The molecule has 2 aliphatic rings. The molecular formula is C19H34BNO4. The van der Waals surface area contributed by atoms with Crippen molar-refractivity contribution in [3.05, 3.63) is 11.5 Å². The first kappa shape index (κ1) is 20.3. The summed E-state index contributed by atoms with van der Waals surface area (Å²) >= 11 is 0. The highest BCUT2D eigenvalue weighted by Crippen LogP contribution is 2.41. The Hall–Kier alpha value is -1.01. The van der Waals surface area contributed by atoms with E-state index in [9.17, 15) is 4.79 Å². The third-order valence-corrected chi connectivity index (χ3v) is 5.48. The summed E-state index contributed by atoms with van der Waals surface area (Å²) in [7, 11) is -0.298. The Kier molecular flexibility index (Phi) is 5.65. The lowest BCUT2D eigenvalue weighted by molar-refractivity contribution is 0.00578. The Morgan fingerprint density at radius 3 is 2.00 bits per heavy atom. The van der Waals surface area contributed by atoms with Crippen molar-refractivity contribution in [3.8, 4) is 0 Å². The molecule has 2 rings (SSSR count). The van der Waals surface area contributed by atoms with E-state index in [1.807, 2.05) is 27.7 Å². The van der Waals surface area contributed by atoms with Crippen LogP contribution in [0.5, 0.6) is 0 Å². The van der Waals surface area contributed by atoms with Crippen LogP contribution in [0.2, 0.25) is 0 Å². The molecule has 0 aromatic rings. The normalized spacial score (nSPS) is 24.6. The van der Waals surface area contributed by atoms with Crippen LogP contribution in [0.15, 0.2) is 11.5 Å². The molecule has 2 fully saturated rings. The SMILES string of the molecule is C/C=C(\B1OC(C)(C)C(C)(C)O1)C1CCN(C(=O)OC(C)(C)C)CC1. The topological polar surface area (TPSA) is 48.0 Å². The zero-order chi connectivity index (χ0) is 19.0. The molecule has 25 heavy (non-hydrogen) atoms. The van der Waals surface area contributed by atoms with Crippen LogP contribution in [-0.4, -0.2) is 48.0 Å². The molecule has 0 N–H and O–H groups in total. The summed E-state index contributed by atoms with van der Waals surface area (Å²) in [6.45, 7) is 17.4. The van der Waals surface area contributed by atoms with Crippen LogP contribution < -0.4 is 0 Å². The van der Waals surface area contributed by atoms with Crippen molar-refractivity contribution in [1.29, 1.82) is 0 Å². The van der Waals surface area contributed by atoms with Gasteiger partial charge in [-0.2, -0.15) is 0 Å². The fourth-order valence-corrected chi connectivity index (χ4v) is 3.27. The lowest BCUT2D eigenvalue weighted by Crippen LogP contribution is -2.43. The number of ether oxygens (including phenoxy) is 1. The molecule has 2 saturated heterocycles. The summed E-state index contributed by atoms with van der Waals surface area (Å²) in [6.07, 6.45) is 3.71. The maximum absolute atomic E-state index is 12.2. The van der Waals surface area contributed by atoms with Gasteiger partial charge >= 0.3 is 13.2 Å². The van der Waals surface area contributed by atoms with E-state index in [2.05, 4.69) is 33.8 Å². The van der Waals surface area contributed by atoms with Crippen LogP contribution in [0.1, 0.15) is 68.2 Å². The van der Waals surface area contributed by atoms with E-state index in [4.69, 9.17) is 14.0 Å². The van der Waals surface area contributed by atoms with Gasteiger partial charge in [-0.3, -0.25) is 0 Å². The highest BCUT2D eigenvalue weighted by atomic mass is 16.7. The number of hydrogen-bond acceptors (Lipinski definition) is 4. The summed E-state index contributed by atoms with van der Waals surface area (Å²) in [6, 6.07) is 0. The van der Waals surface area contributed by atoms with Crippen LogP contribution in [-0.2, 0) is 14.0 Å². The summed E-state index contributed by atoms with van der Waals surface area (Å²) < 4.78 is 17.9. The minimum atomic E-state index is -0.453. The van der Waals surface area contributed by atoms with E-state index in [-0.39, 0.29) is 24.4 Å². The predicted molar refractivity (Wildman–Crippen MR) is 100 cm³/mol. The average molecular weight is 351 g/mol. The fourth-order valence-electron chi connectivity index (χ4n) is 3.27. The molecular weight excluding hydrogens is 317 g/mol. The van der Waals surface area contributed by atoms with E-state index in [1.165, 1.54) is 5.47 Å². The number of likely N-dealkylation sites (tertiary alicyclic amines) is 1. The lowest BCUT2D eigenvalue weighted by atomic mass is 9.68.